The van der Waals surface area contributed by atoms with Gasteiger partial charge in [-0.2, -0.15) is 13.2 Å². The molecule has 2 N–H and O–H groups in total. The number of hydrogen-bond acceptors (Lipinski definition) is 3. The topological polar surface area (TPSA) is 69.2 Å². The summed E-state index contributed by atoms with van der Waals surface area (Å²) >= 11 is 0. The van der Waals surface area contributed by atoms with E-state index in [-0.39, 0.29) is 12.0 Å². The van der Waals surface area contributed by atoms with Crippen LogP contribution in [0.3, 0.4) is 0 Å². The van der Waals surface area contributed by atoms with Crippen LogP contribution < -0.4 is 5.73 Å². The van der Waals surface area contributed by atoms with Crippen molar-refractivity contribution in [1.82, 2.24) is 0 Å². The van der Waals surface area contributed by atoms with Gasteiger partial charge in [-0.05, 0) is 23.5 Å². The summed E-state index contributed by atoms with van der Waals surface area (Å²) in [4.78, 5) is 10.0. The number of nitrogens with zero attached hydrogens (tertiary/aromatic N) is 1. The number of rotatable bonds is 3. The predicted molar refractivity (Wildman–Crippen MR) is 67.2 cm³/mol. The summed E-state index contributed by atoms with van der Waals surface area (Å²) in [6, 6.07) is 2.74. The lowest BCUT2D eigenvalue weighted by Crippen LogP contribution is -2.26. The highest BCUT2D eigenvalue weighted by molar-refractivity contribution is 5.48. The van der Waals surface area contributed by atoms with Crippen molar-refractivity contribution >= 4 is 5.69 Å². The minimum Gasteiger partial charge on any atom is -0.330 e. The van der Waals surface area contributed by atoms with Gasteiger partial charge in [0.15, 0.2) is 0 Å². The van der Waals surface area contributed by atoms with Crippen LogP contribution in [-0.2, 0) is 11.6 Å². The van der Waals surface area contributed by atoms with Crippen molar-refractivity contribution in [1.29, 1.82) is 0 Å². The number of non-ortho nitro benzene ring substituents is 1. The van der Waals surface area contributed by atoms with Gasteiger partial charge < -0.3 is 5.73 Å². The Balaban J connectivity index is 2.60. The summed E-state index contributed by atoms with van der Waals surface area (Å²) in [7, 11) is 0. The summed E-state index contributed by atoms with van der Waals surface area (Å²) in [5.41, 5.74) is 3.59. The maximum atomic E-state index is 12.9. The minimum atomic E-state index is -4.62. The van der Waals surface area contributed by atoms with Gasteiger partial charge >= 0.3 is 6.18 Å². The van der Waals surface area contributed by atoms with Gasteiger partial charge in [0, 0.05) is 24.1 Å². The summed E-state index contributed by atoms with van der Waals surface area (Å²) in [6.45, 7) is 3.95. The highest BCUT2D eigenvalue weighted by Crippen LogP contribution is 2.64. The van der Waals surface area contributed by atoms with Gasteiger partial charge in [-0.25, -0.2) is 0 Å². The fourth-order valence-electron chi connectivity index (χ4n) is 2.83. The normalized spacial score (nSPS) is 24.5. The number of benzene rings is 1. The van der Waals surface area contributed by atoms with Gasteiger partial charge in [-0.1, -0.05) is 13.8 Å². The van der Waals surface area contributed by atoms with Gasteiger partial charge in [0.25, 0.3) is 5.69 Å². The molecule has 1 fully saturated rings. The van der Waals surface area contributed by atoms with Crippen LogP contribution in [-0.4, -0.2) is 11.5 Å². The molecule has 0 aromatic heterocycles. The molecule has 0 aliphatic heterocycles. The lowest BCUT2D eigenvalue weighted by molar-refractivity contribution is -0.385. The predicted octanol–water partition coefficient (Wildman–Crippen LogP) is 3.24. The Morgan fingerprint density at radius 2 is 1.90 bits per heavy atom. The molecule has 0 heterocycles. The molecule has 1 aromatic rings. The zero-order valence-corrected chi connectivity index (χ0v) is 11.1. The molecule has 0 radical (unpaired) electrons. The first-order valence-corrected chi connectivity index (χ1v) is 6.11. The van der Waals surface area contributed by atoms with Gasteiger partial charge in [0.05, 0.1) is 10.5 Å². The van der Waals surface area contributed by atoms with Crippen LogP contribution in [0.15, 0.2) is 18.2 Å². The Morgan fingerprint density at radius 3 is 2.25 bits per heavy atom. The monoisotopic (exact) mass is 288 g/mol. The standard InChI is InChI=1S/C13H15F3N2O2/c1-11(2)6-12(11,7-17)8-3-9(13(14,15)16)5-10(4-8)18(19)20/h3-5H,6-7,17H2,1-2H3. The third-order valence-corrected chi connectivity index (χ3v) is 4.27. The summed E-state index contributed by atoms with van der Waals surface area (Å²) in [5, 5.41) is 10.8. The quantitative estimate of drug-likeness (QED) is 0.685. The first-order valence-electron chi connectivity index (χ1n) is 6.11. The van der Waals surface area contributed by atoms with Gasteiger partial charge in [-0.15, -0.1) is 0 Å². The minimum absolute atomic E-state index is 0.165. The van der Waals surface area contributed by atoms with E-state index in [1.54, 1.807) is 0 Å². The molecule has 0 amide bonds. The fourth-order valence-corrected chi connectivity index (χ4v) is 2.83. The smallest absolute Gasteiger partial charge is 0.330 e. The van der Waals surface area contributed by atoms with Crippen molar-refractivity contribution in [3.8, 4) is 0 Å². The molecule has 0 spiro atoms. The summed E-state index contributed by atoms with van der Waals surface area (Å²) in [5.74, 6) is 0. The summed E-state index contributed by atoms with van der Waals surface area (Å²) in [6.07, 6.45) is -4.00. The van der Waals surface area contributed by atoms with Crippen molar-refractivity contribution in [3.05, 3.63) is 39.4 Å². The Morgan fingerprint density at radius 1 is 1.35 bits per heavy atom. The zero-order chi connectivity index (χ0) is 15.3. The second kappa shape index (κ2) is 4.18. The number of halogens is 3. The van der Waals surface area contributed by atoms with E-state index in [1.807, 2.05) is 13.8 Å². The Labute approximate surface area is 113 Å². The fraction of sp³-hybridized carbons (Fsp3) is 0.538. The number of alkyl halides is 3. The van der Waals surface area contributed by atoms with Crippen LogP contribution in [0.25, 0.3) is 0 Å². The van der Waals surface area contributed by atoms with Crippen LogP contribution >= 0.6 is 0 Å². The molecular formula is C13H15F3N2O2. The highest BCUT2D eigenvalue weighted by Gasteiger charge is 2.61. The second-order valence-electron chi connectivity index (χ2n) is 5.87. The molecule has 0 saturated heterocycles. The van der Waals surface area contributed by atoms with Crippen LogP contribution in [0.2, 0.25) is 0 Å². The molecule has 1 aromatic carbocycles. The molecule has 4 nitrogen and oxygen atoms in total. The Bertz CT molecular complexity index is 569. The molecule has 110 valence electrons. The van der Waals surface area contributed by atoms with Crippen molar-refractivity contribution in [3.63, 3.8) is 0 Å². The molecular weight excluding hydrogens is 273 g/mol. The maximum absolute atomic E-state index is 12.9. The zero-order valence-electron chi connectivity index (χ0n) is 11.1. The van der Waals surface area contributed by atoms with E-state index in [0.29, 0.717) is 18.1 Å². The second-order valence-corrected chi connectivity index (χ2v) is 5.87. The first-order chi connectivity index (χ1) is 9.03. The molecule has 1 unspecified atom stereocenters. The molecule has 20 heavy (non-hydrogen) atoms. The number of nitro benzene ring substituents is 1. The van der Waals surface area contributed by atoms with E-state index in [2.05, 4.69) is 0 Å². The maximum Gasteiger partial charge on any atom is 0.416 e. The van der Waals surface area contributed by atoms with E-state index >= 15 is 0 Å². The third kappa shape index (κ3) is 2.15. The van der Waals surface area contributed by atoms with Crippen LogP contribution in [0, 0.1) is 15.5 Å². The van der Waals surface area contributed by atoms with Crippen molar-refractivity contribution in [2.24, 2.45) is 11.1 Å². The third-order valence-electron chi connectivity index (χ3n) is 4.27. The van der Waals surface area contributed by atoms with E-state index in [1.165, 1.54) is 6.07 Å². The molecule has 2 rings (SSSR count). The van der Waals surface area contributed by atoms with E-state index in [9.17, 15) is 23.3 Å². The van der Waals surface area contributed by atoms with E-state index in [0.717, 1.165) is 6.07 Å². The van der Waals surface area contributed by atoms with E-state index in [4.69, 9.17) is 5.73 Å². The molecule has 1 aliphatic carbocycles. The first kappa shape index (κ1) is 14.8. The SMILES string of the molecule is CC1(C)CC1(CN)c1cc([N+](=O)[O-])cc(C(F)(F)F)c1. The molecule has 0 bridgehead atoms. The Kier molecular flexibility index (Phi) is 3.09. The number of nitrogens with two attached hydrogens (primary N) is 1. The lowest BCUT2D eigenvalue weighted by atomic mass is 9.86. The van der Waals surface area contributed by atoms with Gasteiger partial charge in [-0.3, -0.25) is 10.1 Å². The van der Waals surface area contributed by atoms with Crippen LogP contribution in [0.4, 0.5) is 18.9 Å². The van der Waals surface area contributed by atoms with Gasteiger partial charge in [0.1, 0.15) is 0 Å². The highest BCUT2D eigenvalue weighted by atomic mass is 19.4. The van der Waals surface area contributed by atoms with Crippen LogP contribution in [0.5, 0.6) is 0 Å². The average Bonchev–Trinajstić information content (AvgIpc) is 2.91. The Hall–Kier alpha value is -1.63. The van der Waals surface area contributed by atoms with Crippen molar-refractivity contribution < 1.29 is 18.1 Å². The number of hydrogen-bond donors (Lipinski definition) is 1. The van der Waals surface area contributed by atoms with Gasteiger partial charge in [0.2, 0.25) is 0 Å². The van der Waals surface area contributed by atoms with Crippen molar-refractivity contribution in [2.75, 3.05) is 6.54 Å². The molecule has 1 aliphatic rings. The molecule has 1 saturated carbocycles. The summed E-state index contributed by atoms with van der Waals surface area (Å²) < 4.78 is 38.6. The molecule has 1 atom stereocenters. The number of nitro groups is 1. The molecule has 7 heteroatoms. The average molecular weight is 288 g/mol. The van der Waals surface area contributed by atoms with E-state index < -0.39 is 27.8 Å². The van der Waals surface area contributed by atoms with Crippen LogP contribution in [0.1, 0.15) is 31.4 Å². The van der Waals surface area contributed by atoms with Crippen molar-refractivity contribution in [2.45, 2.75) is 31.9 Å². The lowest BCUT2D eigenvalue weighted by Gasteiger charge is -2.20. The largest absolute Gasteiger partial charge is 0.416 e.